The summed E-state index contributed by atoms with van der Waals surface area (Å²) < 4.78 is 0. The molecular formula is C14H19Cl3N2. The van der Waals surface area contributed by atoms with Crippen LogP contribution in [-0.2, 0) is 6.54 Å². The van der Waals surface area contributed by atoms with Crippen LogP contribution in [0.1, 0.15) is 12.0 Å². The molecule has 1 aliphatic heterocycles. The zero-order valence-corrected chi connectivity index (χ0v) is 13.2. The molecule has 1 fully saturated rings. The Morgan fingerprint density at radius 2 is 1.74 bits per heavy atom. The SMILES string of the molecule is ClCCN1CCCN(Cc2cccc(Cl)c2Cl)CC1. The topological polar surface area (TPSA) is 6.48 Å². The molecule has 0 atom stereocenters. The second-order valence-electron chi connectivity index (χ2n) is 4.87. The van der Waals surface area contributed by atoms with Gasteiger partial charge in [-0.1, -0.05) is 35.3 Å². The molecule has 1 heterocycles. The van der Waals surface area contributed by atoms with E-state index in [2.05, 4.69) is 15.9 Å². The van der Waals surface area contributed by atoms with Crippen molar-refractivity contribution in [1.82, 2.24) is 9.80 Å². The quantitative estimate of drug-likeness (QED) is 0.780. The number of nitrogens with zero attached hydrogens (tertiary/aromatic N) is 2. The van der Waals surface area contributed by atoms with Crippen LogP contribution in [0.2, 0.25) is 10.0 Å². The van der Waals surface area contributed by atoms with Gasteiger partial charge < -0.3 is 4.90 Å². The van der Waals surface area contributed by atoms with E-state index in [1.807, 2.05) is 12.1 Å². The van der Waals surface area contributed by atoms with Crippen molar-refractivity contribution in [3.63, 3.8) is 0 Å². The highest BCUT2D eigenvalue weighted by Gasteiger charge is 2.15. The third kappa shape index (κ3) is 4.51. The molecule has 1 aromatic carbocycles. The molecule has 0 radical (unpaired) electrons. The molecule has 0 aromatic heterocycles. The maximum Gasteiger partial charge on any atom is 0.0637 e. The lowest BCUT2D eigenvalue weighted by Crippen LogP contribution is -2.31. The normalized spacial score (nSPS) is 18.5. The summed E-state index contributed by atoms with van der Waals surface area (Å²) in [5, 5.41) is 1.32. The van der Waals surface area contributed by atoms with Crippen LogP contribution in [0, 0.1) is 0 Å². The van der Waals surface area contributed by atoms with Crippen LogP contribution < -0.4 is 0 Å². The standard InChI is InChI=1S/C14H19Cl3N2/c15-5-8-18-6-2-7-19(10-9-18)11-12-3-1-4-13(16)14(12)17/h1,3-4H,2,5-11H2. The Labute approximate surface area is 130 Å². The maximum atomic E-state index is 6.25. The molecule has 0 aliphatic carbocycles. The van der Waals surface area contributed by atoms with Crippen LogP contribution in [0.5, 0.6) is 0 Å². The minimum Gasteiger partial charge on any atom is -0.301 e. The largest absolute Gasteiger partial charge is 0.301 e. The van der Waals surface area contributed by atoms with Crippen molar-refractivity contribution in [2.24, 2.45) is 0 Å². The Balaban J connectivity index is 1.94. The molecule has 1 aromatic rings. The second-order valence-corrected chi connectivity index (χ2v) is 6.04. The van der Waals surface area contributed by atoms with Crippen molar-refractivity contribution in [1.29, 1.82) is 0 Å². The zero-order chi connectivity index (χ0) is 13.7. The van der Waals surface area contributed by atoms with E-state index in [1.165, 1.54) is 6.42 Å². The second kappa shape index (κ2) is 7.70. The van der Waals surface area contributed by atoms with E-state index >= 15 is 0 Å². The van der Waals surface area contributed by atoms with Gasteiger partial charge in [0, 0.05) is 32.1 Å². The van der Waals surface area contributed by atoms with Crippen LogP contribution in [0.15, 0.2) is 18.2 Å². The molecule has 19 heavy (non-hydrogen) atoms. The number of rotatable bonds is 4. The molecule has 2 rings (SSSR count). The number of hydrogen-bond acceptors (Lipinski definition) is 2. The summed E-state index contributed by atoms with van der Waals surface area (Å²) in [5.74, 6) is 0.708. The van der Waals surface area contributed by atoms with Gasteiger partial charge in [0.25, 0.3) is 0 Å². The molecule has 0 unspecified atom stereocenters. The van der Waals surface area contributed by atoms with Crippen LogP contribution in [-0.4, -0.2) is 48.4 Å². The first-order valence-corrected chi connectivity index (χ1v) is 7.93. The monoisotopic (exact) mass is 320 g/mol. The Morgan fingerprint density at radius 3 is 2.53 bits per heavy atom. The average molecular weight is 322 g/mol. The number of benzene rings is 1. The number of hydrogen-bond donors (Lipinski definition) is 0. The molecule has 1 saturated heterocycles. The van der Waals surface area contributed by atoms with Crippen molar-refractivity contribution >= 4 is 34.8 Å². The molecule has 0 saturated carbocycles. The first-order chi connectivity index (χ1) is 9.20. The molecule has 0 amide bonds. The molecule has 0 bridgehead atoms. The van der Waals surface area contributed by atoms with Gasteiger partial charge in [0.05, 0.1) is 10.0 Å². The number of alkyl halides is 1. The van der Waals surface area contributed by atoms with E-state index in [-0.39, 0.29) is 0 Å². The predicted molar refractivity (Wildman–Crippen MR) is 83.5 cm³/mol. The average Bonchev–Trinajstić information content (AvgIpc) is 2.61. The minimum atomic E-state index is 0.637. The predicted octanol–water partition coefficient (Wildman–Crippen LogP) is 3.74. The van der Waals surface area contributed by atoms with Crippen molar-refractivity contribution in [2.75, 3.05) is 38.6 Å². The highest BCUT2D eigenvalue weighted by Crippen LogP contribution is 2.26. The van der Waals surface area contributed by atoms with Gasteiger partial charge in [0.2, 0.25) is 0 Å². The zero-order valence-electron chi connectivity index (χ0n) is 10.9. The first kappa shape index (κ1) is 15.4. The Morgan fingerprint density at radius 1 is 1.00 bits per heavy atom. The Hall–Kier alpha value is 0.01000. The fourth-order valence-electron chi connectivity index (χ4n) is 2.44. The summed E-state index contributed by atoms with van der Waals surface area (Å²) in [6, 6.07) is 5.84. The summed E-state index contributed by atoms with van der Waals surface area (Å²) in [6.45, 7) is 6.21. The van der Waals surface area contributed by atoms with Crippen molar-refractivity contribution in [2.45, 2.75) is 13.0 Å². The molecule has 0 N–H and O–H groups in total. The lowest BCUT2D eigenvalue weighted by atomic mass is 10.2. The van der Waals surface area contributed by atoms with E-state index in [1.54, 1.807) is 0 Å². The van der Waals surface area contributed by atoms with Gasteiger partial charge in [-0.05, 0) is 31.1 Å². The van der Waals surface area contributed by atoms with Crippen molar-refractivity contribution < 1.29 is 0 Å². The van der Waals surface area contributed by atoms with E-state index in [0.29, 0.717) is 15.9 Å². The first-order valence-electron chi connectivity index (χ1n) is 6.64. The highest BCUT2D eigenvalue weighted by molar-refractivity contribution is 6.42. The Bertz CT molecular complexity index is 412. The third-order valence-corrected chi connectivity index (χ3v) is 4.53. The maximum absolute atomic E-state index is 6.25. The summed E-state index contributed by atoms with van der Waals surface area (Å²) in [6.07, 6.45) is 1.18. The van der Waals surface area contributed by atoms with Gasteiger partial charge in [-0.15, -0.1) is 11.6 Å². The molecule has 2 nitrogen and oxygen atoms in total. The molecular weight excluding hydrogens is 303 g/mol. The lowest BCUT2D eigenvalue weighted by molar-refractivity contribution is 0.258. The van der Waals surface area contributed by atoms with Crippen molar-refractivity contribution in [3.8, 4) is 0 Å². The summed E-state index contributed by atoms with van der Waals surface area (Å²) >= 11 is 18.1. The molecule has 1 aliphatic rings. The van der Waals surface area contributed by atoms with Gasteiger partial charge in [-0.3, -0.25) is 4.90 Å². The van der Waals surface area contributed by atoms with Gasteiger partial charge >= 0.3 is 0 Å². The van der Waals surface area contributed by atoms with E-state index in [0.717, 1.165) is 44.8 Å². The van der Waals surface area contributed by atoms with Crippen LogP contribution in [0.25, 0.3) is 0 Å². The highest BCUT2D eigenvalue weighted by atomic mass is 35.5. The van der Waals surface area contributed by atoms with Crippen LogP contribution in [0.4, 0.5) is 0 Å². The summed E-state index contributed by atoms with van der Waals surface area (Å²) in [7, 11) is 0. The van der Waals surface area contributed by atoms with Gasteiger partial charge in [-0.25, -0.2) is 0 Å². The van der Waals surface area contributed by atoms with Gasteiger partial charge in [-0.2, -0.15) is 0 Å². The Kier molecular flexibility index (Phi) is 6.24. The van der Waals surface area contributed by atoms with Crippen LogP contribution >= 0.6 is 34.8 Å². The lowest BCUT2D eigenvalue weighted by Gasteiger charge is -2.21. The van der Waals surface area contributed by atoms with E-state index in [9.17, 15) is 0 Å². The van der Waals surface area contributed by atoms with E-state index in [4.69, 9.17) is 34.8 Å². The smallest absolute Gasteiger partial charge is 0.0637 e. The summed E-state index contributed by atoms with van der Waals surface area (Å²) in [4.78, 5) is 4.86. The summed E-state index contributed by atoms with van der Waals surface area (Å²) in [5.41, 5.74) is 1.11. The molecule has 106 valence electrons. The van der Waals surface area contributed by atoms with Gasteiger partial charge in [0.15, 0.2) is 0 Å². The molecule has 0 spiro atoms. The third-order valence-electron chi connectivity index (χ3n) is 3.51. The minimum absolute atomic E-state index is 0.637. The molecule has 5 heteroatoms. The van der Waals surface area contributed by atoms with Crippen LogP contribution in [0.3, 0.4) is 0 Å². The van der Waals surface area contributed by atoms with Gasteiger partial charge in [0.1, 0.15) is 0 Å². The number of halogens is 3. The van der Waals surface area contributed by atoms with Crippen molar-refractivity contribution in [3.05, 3.63) is 33.8 Å². The fraction of sp³-hybridized carbons (Fsp3) is 0.571. The fourth-order valence-corrected chi connectivity index (χ4v) is 3.06. The van der Waals surface area contributed by atoms with E-state index < -0.39 is 0 Å².